The Balaban J connectivity index is 2.28. The average molecular weight is 419 g/mol. The van der Waals surface area contributed by atoms with Crippen LogP contribution in [-0.4, -0.2) is 51.8 Å². The molecule has 1 atom stereocenters. The van der Waals surface area contributed by atoms with Gasteiger partial charge in [0.05, 0.1) is 12.7 Å². The number of rotatable bonds is 7. The third-order valence-electron chi connectivity index (χ3n) is 4.60. The summed E-state index contributed by atoms with van der Waals surface area (Å²) in [5.74, 6) is -1.03. The van der Waals surface area contributed by atoms with E-state index in [0.717, 1.165) is 15.4 Å². The molecule has 0 saturated carbocycles. The van der Waals surface area contributed by atoms with Crippen LogP contribution in [0.2, 0.25) is 0 Å². The van der Waals surface area contributed by atoms with Crippen molar-refractivity contribution in [3.8, 4) is 5.75 Å². The minimum Gasteiger partial charge on any atom is -0.495 e. The molecule has 0 saturated heterocycles. The van der Waals surface area contributed by atoms with E-state index in [1.165, 1.54) is 46.3 Å². The zero-order valence-corrected chi connectivity index (χ0v) is 18.2. The highest BCUT2D eigenvalue weighted by molar-refractivity contribution is 7.89. The van der Waals surface area contributed by atoms with Crippen molar-refractivity contribution in [2.75, 3.05) is 21.2 Å². The number of aryl methyl sites for hydroxylation is 2. The SMILES string of the molecule is COc1ccc(C(=O)O[C@H](C)C(=O)c2ccc(C)c(C)c2)cc1S(=O)(=O)N(C)C. The van der Waals surface area contributed by atoms with Gasteiger partial charge in [-0.05, 0) is 56.2 Å². The fourth-order valence-corrected chi connectivity index (χ4v) is 3.69. The van der Waals surface area contributed by atoms with Crippen molar-refractivity contribution < 1.29 is 27.5 Å². The molecule has 0 fully saturated rings. The Kier molecular flexibility index (Phi) is 6.81. The van der Waals surface area contributed by atoms with Gasteiger partial charge in [-0.1, -0.05) is 12.1 Å². The van der Waals surface area contributed by atoms with Crippen LogP contribution in [0.3, 0.4) is 0 Å². The maximum absolute atomic E-state index is 12.6. The Morgan fingerprint density at radius 2 is 1.59 bits per heavy atom. The van der Waals surface area contributed by atoms with Gasteiger partial charge in [0.25, 0.3) is 0 Å². The number of methoxy groups -OCH3 is 1. The Morgan fingerprint density at radius 3 is 2.14 bits per heavy atom. The van der Waals surface area contributed by atoms with Crippen LogP contribution in [0.4, 0.5) is 0 Å². The van der Waals surface area contributed by atoms with Gasteiger partial charge in [0.15, 0.2) is 6.10 Å². The number of carbonyl (C=O) groups excluding carboxylic acids is 2. The van der Waals surface area contributed by atoms with Gasteiger partial charge in [0.2, 0.25) is 15.8 Å². The van der Waals surface area contributed by atoms with Crippen LogP contribution in [0.1, 0.15) is 38.8 Å². The lowest BCUT2D eigenvalue weighted by molar-refractivity contribution is 0.0318. The predicted molar refractivity (Wildman–Crippen MR) is 109 cm³/mol. The number of hydrogen-bond donors (Lipinski definition) is 0. The highest BCUT2D eigenvalue weighted by atomic mass is 32.2. The summed E-state index contributed by atoms with van der Waals surface area (Å²) in [6.07, 6.45) is -1.03. The topological polar surface area (TPSA) is 90.0 Å². The van der Waals surface area contributed by atoms with Crippen LogP contribution in [0.5, 0.6) is 5.75 Å². The average Bonchev–Trinajstić information content (AvgIpc) is 2.68. The van der Waals surface area contributed by atoms with Gasteiger partial charge in [-0.15, -0.1) is 0 Å². The fourth-order valence-electron chi connectivity index (χ4n) is 2.61. The van der Waals surface area contributed by atoms with Gasteiger partial charge in [0, 0.05) is 19.7 Å². The molecular formula is C21H25NO6S. The number of ketones is 1. The zero-order chi connectivity index (χ0) is 21.9. The van der Waals surface area contributed by atoms with E-state index in [9.17, 15) is 18.0 Å². The molecule has 0 bridgehead atoms. The minimum absolute atomic E-state index is 0.00552. The van der Waals surface area contributed by atoms with E-state index in [-0.39, 0.29) is 22.0 Å². The maximum Gasteiger partial charge on any atom is 0.338 e. The van der Waals surface area contributed by atoms with Gasteiger partial charge < -0.3 is 9.47 Å². The summed E-state index contributed by atoms with van der Waals surface area (Å²) >= 11 is 0. The molecular weight excluding hydrogens is 394 g/mol. The van der Waals surface area contributed by atoms with E-state index in [2.05, 4.69) is 0 Å². The Bertz CT molecular complexity index is 1040. The Morgan fingerprint density at radius 1 is 0.966 bits per heavy atom. The number of nitrogens with zero attached hydrogens (tertiary/aromatic N) is 1. The molecule has 0 heterocycles. The van der Waals surface area contributed by atoms with Gasteiger partial charge in [-0.25, -0.2) is 17.5 Å². The highest BCUT2D eigenvalue weighted by Gasteiger charge is 2.26. The first-order chi connectivity index (χ1) is 13.5. The molecule has 156 valence electrons. The quantitative estimate of drug-likeness (QED) is 0.506. The zero-order valence-electron chi connectivity index (χ0n) is 17.3. The molecule has 0 aromatic heterocycles. The van der Waals surface area contributed by atoms with Crippen molar-refractivity contribution in [3.05, 3.63) is 58.7 Å². The first kappa shape index (κ1) is 22.6. The Labute approximate surface area is 171 Å². The lowest BCUT2D eigenvalue weighted by Gasteiger charge is -2.16. The third-order valence-corrected chi connectivity index (χ3v) is 6.44. The number of carbonyl (C=O) groups is 2. The minimum atomic E-state index is -3.84. The standard InChI is InChI=1S/C21H25NO6S/c1-13-7-8-16(11-14(13)2)20(23)15(3)28-21(24)17-9-10-18(27-6)19(12-17)29(25,26)22(4)5/h7-12,15H,1-6H3/t15-/m1/s1. The van der Waals surface area contributed by atoms with E-state index in [4.69, 9.17) is 9.47 Å². The smallest absolute Gasteiger partial charge is 0.338 e. The molecule has 8 heteroatoms. The van der Waals surface area contributed by atoms with Crippen LogP contribution in [0, 0.1) is 13.8 Å². The number of Topliss-reactive ketones (excluding diaryl/α,β-unsaturated/α-hetero) is 1. The summed E-state index contributed by atoms with van der Waals surface area (Å²) in [7, 11) is 0.259. The van der Waals surface area contributed by atoms with Gasteiger partial charge in [0.1, 0.15) is 10.6 Å². The molecule has 0 N–H and O–H groups in total. The highest BCUT2D eigenvalue weighted by Crippen LogP contribution is 2.27. The van der Waals surface area contributed by atoms with Gasteiger partial charge >= 0.3 is 5.97 Å². The molecule has 0 aliphatic carbocycles. The molecule has 29 heavy (non-hydrogen) atoms. The van der Waals surface area contributed by atoms with Crippen LogP contribution >= 0.6 is 0 Å². The normalized spacial score (nSPS) is 12.5. The second-order valence-electron chi connectivity index (χ2n) is 6.86. The summed E-state index contributed by atoms with van der Waals surface area (Å²) in [5, 5.41) is 0. The first-order valence-electron chi connectivity index (χ1n) is 8.92. The maximum atomic E-state index is 12.6. The summed E-state index contributed by atoms with van der Waals surface area (Å²) in [6.45, 7) is 5.32. The van der Waals surface area contributed by atoms with Crippen molar-refractivity contribution in [2.24, 2.45) is 0 Å². The van der Waals surface area contributed by atoms with Crippen molar-refractivity contribution in [1.29, 1.82) is 0 Å². The van der Waals surface area contributed by atoms with Crippen LogP contribution in [0.25, 0.3) is 0 Å². The molecule has 0 aliphatic rings. The summed E-state index contributed by atoms with van der Waals surface area (Å²) in [5.41, 5.74) is 2.46. The lowest BCUT2D eigenvalue weighted by Crippen LogP contribution is -2.25. The molecule has 2 rings (SSSR count). The largest absolute Gasteiger partial charge is 0.495 e. The molecule has 0 spiro atoms. The molecule has 2 aromatic carbocycles. The monoisotopic (exact) mass is 419 g/mol. The molecule has 7 nitrogen and oxygen atoms in total. The van der Waals surface area contributed by atoms with E-state index in [1.807, 2.05) is 19.9 Å². The second-order valence-corrected chi connectivity index (χ2v) is 8.98. The van der Waals surface area contributed by atoms with E-state index < -0.39 is 22.1 Å². The third kappa shape index (κ3) is 4.83. The van der Waals surface area contributed by atoms with E-state index >= 15 is 0 Å². The van der Waals surface area contributed by atoms with Crippen LogP contribution < -0.4 is 4.74 Å². The van der Waals surface area contributed by atoms with Crippen LogP contribution in [-0.2, 0) is 14.8 Å². The summed E-state index contributed by atoms with van der Waals surface area (Å²) in [6, 6.07) is 9.22. The molecule has 2 aromatic rings. The predicted octanol–water partition coefficient (Wildman–Crippen LogP) is 2.99. The molecule has 0 unspecified atom stereocenters. The van der Waals surface area contributed by atoms with Crippen molar-refractivity contribution in [2.45, 2.75) is 31.8 Å². The van der Waals surface area contributed by atoms with E-state index in [1.54, 1.807) is 12.1 Å². The second kappa shape index (κ2) is 8.75. The number of benzene rings is 2. The van der Waals surface area contributed by atoms with Crippen molar-refractivity contribution in [3.63, 3.8) is 0 Å². The number of ether oxygens (including phenoxy) is 2. The van der Waals surface area contributed by atoms with Crippen molar-refractivity contribution >= 4 is 21.8 Å². The van der Waals surface area contributed by atoms with Gasteiger partial charge in [-0.3, -0.25) is 4.79 Å². The summed E-state index contributed by atoms with van der Waals surface area (Å²) in [4.78, 5) is 25.0. The van der Waals surface area contributed by atoms with E-state index in [0.29, 0.717) is 5.56 Å². The number of hydrogen-bond acceptors (Lipinski definition) is 6. The molecule has 0 amide bonds. The van der Waals surface area contributed by atoms with Crippen LogP contribution in [0.15, 0.2) is 41.3 Å². The fraction of sp³-hybridized carbons (Fsp3) is 0.333. The van der Waals surface area contributed by atoms with Crippen molar-refractivity contribution in [1.82, 2.24) is 4.31 Å². The first-order valence-corrected chi connectivity index (χ1v) is 10.4. The number of sulfonamides is 1. The van der Waals surface area contributed by atoms with Gasteiger partial charge in [-0.2, -0.15) is 0 Å². The molecule has 0 aliphatic heterocycles. The number of esters is 1. The molecule has 0 radical (unpaired) electrons. The Hall–Kier alpha value is -2.71. The summed E-state index contributed by atoms with van der Waals surface area (Å²) < 4.78 is 36.4. The lowest BCUT2D eigenvalue weighted by atomic mass is 10.0.